The Labute approximate surface area is 104 Å². The predicted molar refractivity (Wildman–Crippen MR) is 67.6 cm³/mol. The van der Waals surface area contributed by atoms with Gasteiger partial charge >= 0.3 is 0 Å². The number of anilines is 2. The van der Waals surface area contributed by atoms with Crippen LogP contribution in [0.25, 0.3) is 0 Å². The minimum Gasteiger partial charge on any atom is -0.506 e. The van der Waals surface area contributed by atoms with Gasteiger partial charge in [-0.3, -0.25) is 9.71 Å². The second-order valence-electron chi connectivity index (χ2n) is 3.56. The summed E-state index contributed by atoms with van der Waals surface area (Å²) in [6, 6.07) is 6.76. The molecule has 4 N–H and O–H groups in total. The van der Waals surface area contributed by atoms with Crippen LogP contribution in [-0.4, -0.2) is 18.5 Å². The Bertz CT molecular complexity index is 656. The van der Waals surface area contributed by atoms with Crippen LogP contribution in [0.3, 0.4) is 0 Å². The van der Waals surface area contributed by atoms with Gasteiger partial charge in [-0.15, -0.1) is 0 Å². The Morgan fingerprint density at radius 1 is 1.17 bits per heavy atom. The van der Waals surface area contributed by atoms with Crippen molar-refractivity contribution in [3.05, 3.63) is 42.7 Å². The Balaban J connectivity index is 2.34. The van der Waals surface area contributed by atoms with Gasteiger partial charge in [0.05, 0.1) is 16.3 Å². The number of aromatic nitrogens is 1. The van der Waals surface area contributed by atoms with Gasteiger partial charge in [-0.05, 0) is 30.3 Å². The third-order valence-corrected chi connectivity index (χ3v) is 3.62. The summed E-state index contributed by atoms with van der Waals surface area (Å²) in [4.78, 5) is 3.77. The number of rotatable bonds is 3. The number of phenolic OH excluding ortho intramolecular Hbond substituents is 1. The summed E-state index contributed by atoms with van der Waals surface area (Å²) < 4.78 is 26.4. The third kappa shape index (κ3) is 2.51. The highest BCUT2D eigenvalue weighted by Crippen LogP contribution is 2.24. The SMILES string of the molecule is Nc1cc(S(=O)(=O)Nc2ccncc2)ccc1O. The lowest BCUT2D eigenvalue weighted by Crippen LogP contribution is -2.13. The monoisotopic (exact) mass is 265 g/mol. The number of sulfonamides is 1. The average molecular weight is 265 g/mol. The van der Waals surface area contributed by atoms with E-state index < -0.39 is 10.0 Å². The fourth-order valence-corrected chi connectivity index (χ4v) is 2.43. The summed E-state index contributed by atoms with van der Waals surface area (Å²) in [5, 5.41) is 9.25. The zero-order chi connectivity index (χ0) is 13.2. The summed E-state index contributed by atoms with van der Waals surface area (Å²) in [5.74, 6) is -0.155. The Morgan fingerprint density at radius 2 is 1.83 bits per heavy atom. The first kappa shape index (κ1) is 12.2. The highest BCUT2D eigenvalue weighted by Gasteiger charge is 2.15. The number of phenols is 1. The lowest BCUT2D eigenvalue weighted by atomic mass is 10.3. The Kier molecular flexibility index (Phi) is 3.07. The topological polar surface area (TPSA) is 105 Å². The number of pyridine rings is 1. The molecule has 0 spiro atoms. The van der Waals surface area contributed by atoms with Crippen molar-refractivity contribution < 1.29 is 13.5 Å². The summed E-state index contributed by atoms with van der Waals surface area (Å²) >= 11 is 0. The van der Waals surface area contributed by atoms with E-state index in [1.54, 1.807) is 0 Å². The lowest BCUT2D eigenvalue weighted by Gasteiger charge is -2.08. The van der Waals surface area contributed by atoms with Gasteiger partial charge in [0.15, 0.2) is 0 Å². The maximum atomic E-state index is 12.0. The van der Waals surface area contributed by atoms with Crippen LogP contribution in [0.15, 0.2) is 47.6 Å². The van der Waals surface area contributed by atoms with E-state index in [-0.39, 0.29) is 16.3 Å². The van der Waals surface area contributed by atoms with Gasteiger partial charge in [-0.25, -0.2) is 8.42 Å². The molecule has 1 aromatic carbocycles. The van der Waals surface area contributed by atoms with E-state index in [0.717, 1.165) is 0 Å². The molecule has 0 aliphatic heterocycles. The largest absolute Gasteiger partial charge is 0.506 e. The first-order valence-electron chi connectivity index (χ1n) is 5.00. The van der Waals surface area contributed by atoms with Crippen LogP contribution in [0.5, 0.6) is 5.75 Å². The number of nitrogens with two attached hydrogens (primary N) is 1. The number of aromatic hydroxyl groups is 1. The molecule has 1 heterocycles. The fourth-order valence-electron chi connectivity index (χ4n) is 1.33. The van der Waals surface area contributed by atoms with Crippen LogP contribution in [0.2, 0.25) is 0 Å². The molecule has 0 bridgehead atoms. The minimum absolute atomic E-state index is 0.00704. The standard InChI is InChI=1S/C11H11N3O3S/c12-10-7-9(1-2-11(10)15)18(16,17)14-8-3-5-13-6-4-8/h1-7,15H,12H2,(H,13,14). The molecule has 7 heteroatoms. The zero-order valence-electron chi connectivity index (χ0n) is 9.24. The number of nitrogens with zero attached hydrogens (tertiary/aromatic N) is 1. The highest BCUT2D eigenvalue weighted by molar-refractivity contribution is 7.92. The number of nitrogen functional groups attached to an aromatic ring is 1. The molecule has 0 saturated carbocycles. The van der Waals surface area contributed by atoms with E-state index in [0.29, 0.717) is 5.69 Å². The van der Waals surface area contributed by atoms with E-state index in [1.807, 2.05) is 0 Å². The van der Waals surface area contributed by atoms with E-state index in [9.17, 15) is 13.5 Å². The molecule has 0 amide bonds. The maximum absolute atomic E-state index is 12.0. The van der Waals surface area contributed by atoms with Crippen molar-refractivity contribution in [2.24, 2.45) is 0 Å². The molecule has 0 aliphatic carbocycles. The first-order valence-corrected chi connectivity index (χ1v) is 6.49. The Morgan fingerprint density at radius 3 is 2.44 bits per heavy atom. The van der Waals surface area contributed by atoms with E-state index >= 15 is 0 Å². The van der Waals surface area contributed by atoms with Crippen molar-refractivity contribution in [3.63, 3.8) is 0 Å². The molecule has 0 atom stereocenters. The van der Waals surface area contributed by atoms with E-state index in [2.05, 4.69) is 9.71 Å². The molecule has 0 radical (unpaired) electrons. The minimum atomic E-state index is -3.72. The molecule has 6 nitrogen and oxygen atoms in total. The number of hydrogen-bond donors (Lipinski definition) is 3. The molecule has 0 saturated heterocycles. The summed E-state index contributed by atoms with van der Waals surface area (Å²) in [6.45, 7) is 0. The number of nitrogens with one attached hydrogen (secondary N) is 1. The van der Waals surface area contributed by atoms with Crippen LogP contribution in [0.4, 0.5) is 11.4 Å². The highest BCUT2D eigenvalue weighted by atomic mass is 32.2. The second kappa shape index (κ2) is 4.53. The van der Waals surface area contributed by atoms with Gasteiger partial charge in [0.1, 0.15) is 5.75 Å². The van der Waals surface area contributed by atoms with Crippen LogP contribution in [0, 0.1) is 0 Å². The van der Waals surface area contributed by atoms with Crippen LogP contribution in [0.1, 0.15) is 0 Å². The second-order valence-corrected chi connectivity index (χ2v) is 5.24. The molecular weight excluding hydrogens is 254 g/mol. The molecule has 18 heavy (non-hydrogen) atoms. The molecule has 2 rings (SSSR count). The van der Waals surface area contributed by atoms with Gasteiger partial charge in [-0.1, -0.05) is 0 Å². The van der Waals surface area contributed by atoms with Crippen LogP contribution < -0.4 is 10.5 Å². The first-order chi connectivity index (χ1) is 8.49. The van der Waals surface area contributed by atoms with Crippen molar-refractivity contribution in [1.29, 1.82) is 0 Å². The van der Waals surface area contributed by atoms with Gasteiger partial charge in [0, 0.05) is 12.4 Å². The van der Waals surface area contributed by atoms with Crippen molar-refractivity contribution in [2.45, 2.75) is 4.90 Å². The third-order valence-electron chi connectivity index (χ3n) is 2.24. The fraction of sp³-hybridized carbons (Fsp3) is 0. The lowest BCUT2D eigenvalue weighted by molar-refractivity contribution is 0.477. The van der Waals surface area contributed by atoms with Crippen molar-refractivity contribution in [2.75, 3.05) is 10.5 Å². The quantitative estimate of drug-likeness (QED) is 0.570. The van der Waals surface area contributed by atoms with Crippen LogP contribution in [-0.2, 0) is 10.0 Å². The predicted octanol–water partition coefficient (Wildman–Crippen LogP) is 1.17. The molecule has 2 aromatic rings. The normalized spacial score (nSPS) is 11.1. The maximum Gasteiger partial charge on any atom is 0.261 e. The molecule has 94 valence electrons. The smallest absolute Gasteiger partial charge is 0.261 e. The van der Waals surface area contributed by atoms with Crippen molar-refractivity contribution in [1.82, 2.24) is 4.98 Å². The molecule has 1 aromatic heterocycles. The van der Waals surface area contributed by atoms with Crippen molar-refractivity contribution in [3.8, 4) is 5.75 Å². The Hall–Kier alpha value is -2.28. The van der Waals surface area contributed by atoms with Crippen LogP contribution >= 0.6 is 0 Å². The molecule has 0 unspecified atom stereocenters. The van der Waals surface area contributed by atoms with Gasteiger partial charge in [-0.2, -0.15) is 0 Å². The summed E-state index contributed by atoms with van der Waals surface area (Å²) in [6.07, 6.45) is 2.95. The van der Waals surface area contributed by atoms with Gasteiger partial charge < -0.3 is 10.8 Å². The number of benzene rings is 1. The zero-order valence-corrected chi connectivity index (χ0v) is 10.1. The molecule has 0 fully saturated rings. The summed E-state index contributed by atoms with van der Waals surface area (Å²) in [7, 11) is -3.72. The van der Waals surface area contributed by atoms with Crippen molar-refractivity contribution >= 4 is 21.4 Å². The summed E-state index contributed by atoms with van der Waals surface area (Å²) in [5.41, 5.74) is 5.87. The molecular formula is C11H11N3O3S. The molecule has 0 aliphatic rings. The van der Waals surface area contributed by atoms with E-state index in [4.69, 9.17) is 5.73 Å². The van der Waals surface area contributed by atoms with Gasteiger partial charge in [0.2, 0.25) is 0 Å². The van der Waals surface area contributed by atoms with E-state index in [1.165, 1.54) is 42.7 Å². The average Bonchev–Trinajstić information content (AvgIpc) is 2.33. The number of hydrogen-bond acceptors (Lipinski definition) is 5. The van der Waals surface area contributed by atoms with Gasteiger partial charge in [0.25, 0.3) is 10.0 Å².